The van der Waals surface area contributed by atoms with Crippen LogP contribution in [0.1, 0.15) is 12.5 Å². The van der Waals surface area contributed by atoms with Crippen molar-refractivity contribution in [2.24, 2.45) is 0 Å². The van der Waals surface area contributed by atoms with Gasteiger partial charge in [0.15, 0.2) is 5.16 Å². The average Bonchev–Trinajstić information content (AvgIpc) is 3.22. The fourth-order valence-electron chi connectivity index (χ4n) is 3.02. The van der Waals surface area contributed by atoms with Crippen molar-refractivity contribution in [2.45, 2.75) is 17.6 Å². The summed E-state index contributed by atoms with van der Waals surface area (Å²) in [7, 11) is 0. The number of thioether (sulfide) groups is 1. The first-order valence-electron chi connectivity index (χ1n) is 8.55. The molecule has 8 nitrogen and oxygen atoms in total. The second-order valence-electron chi connectivity index (χ2n) is 6.42. The van der Waals surface area contributed by atoms with E-state index in [9.17, 15) is 14.4 Å². The van der Waals surface area contributed by atoms with Gasteiger partial charge in [0, 0.05) is 6.20 Å². The molecule has 1 atom stereocenters. The maximum absolute atomic E-state index is 12.8. The molecule has 0 saturated carbocycles. The van der Waals surface area contributed by atoms with E-state index in [1.54, 1.807) is 37.4 Å². The van der Waals surface area contributed by atoms with Gasteiger partial charge < -0.3 is 5.32 Å². The lowest BCUT2D eigenvalue weighted by Crippen LogP contribution is -2.48. The second-order valence-corrected chi connectivity index (χ2v) is 7.36. The van der Waals surface area contributed by atoms with Gasteiger partial charge in [0.05, 0.1) is 17.5 Å². The molecule has 1 unspecified atom stereocenters. The van der Waals surface area contributed by atoms with Gasteiger partial charge in [0.2, 0.25) is 5.91 Å². The predicted molar refractivity (Wildman–Crippen MR) is 103 cm³/mol. The molecule has 142 valence electrons. The Morgan fingerprint density at radius 1 is 1.18 bits per heavy atom. The number of aromatic nitrogens is 2. The van der Waals surface area contributed by atoms with Gasteiger partial charge in [-0.2, -0.15) is 5.01 Å². The molecule has 2 aromatic heterocycles. The number of hydrogen-bond acceptors (Lipinski definition) is 5. The van der Waals surface area contributed by atoms with E-state index in [1.165, 1.54) is 11.8 Å². The molecule has 3 aromatic rings. The van der Waals surface area contributed by atoms with Crippen LogP contribution in [-0.4, -0.2) is 38.0 Å². The number of amides is 4. The molecule has 4 rings (SSSR count). The minimum Gasteiger partial charge on any atom is -0.318 e. The van der Waals surface area contributed by atoms with Crippen molar-refractivity contribution >= 4 is 35.1 Å². The van der Waals surface area contributed by atoms with E-state index in [0.29, 0.717) is 10.7 Å². The van der Waals surface area contributed by atoms with Crippen LogP contribution in [0.4, 0.5) is 4.79 Å². The van der Waals surface area contributed by atoms with Gasteiger partial charge in [0.25, 0.3) is 5.91 Å². The van der Waals surface area contributed by atoms with Crippen LogP contribution in [0.5, 0.6) is 0 Å². The van der Waals surface area contributed by atoms with Gasteiger partial charge in [-0.3, -0.25) is 19.4 Å². The van der Waals surface area contributed by atoms with E-state index in [4.69, 9.17) is 0 Å². The largest absolute Gasteiger partial charge is 0.344 e. The number of benzene rings is 1. The third-order valence-corrected chi connectivity index (χ3v) is 5.48. The molecule has 1 aromatic carbocycles. The fraction of sp³-hybridized carbons (Fsp3) is 0.158. The molecule has 1 aliphatic rings. The van der Waals surface area contributed by atoms with Crippen LogP contribution in [0.25, 0.3) is 5.52 Å². The first-order chi connectivity index (χ1) is 13.5. The summed E-state index contributed by atoms with van der Waals surface area (Å²) >= 11 is 1.22. The Balaban J connectivity index is 1.43. The normalized spacial score (nSPS) is 19.1. The molecule has 3 heterocycles. The van der Waals surface area contributed by atoms with Crippen molar-refractivity contribution in [1.29, 1.82) is 0 Å². The number of urea groups is 1. The van der Waals surface area contributed by atoms with Crippen LogP contribution in [0, 0.1) is 0 Å². The molecular formula is C19H17N5O3S. The maximum atomic E-state index is 12.8. The first-order valence-corrected chi connectivity index (χ1v) is 9.54. The Labute approximate surface area is 164 Å². The van der Waals surface area contributed by atoms with Gasteiger partial charge >= 0.3 is 6.03 Å². The standard InChI is InChI=1S/C19H17N5O3S/c1-19(13-7-3-2-4-8-13)16(26)24(17(27)21-19)22-15(25)12-28-18-20-11-14-9-5-6-10-23(14)18/h2-11H,12H2,1H3,(H,21,27)(H,22,25). The number of imide groups is 1. The molecular weight excluding hydrogens is 378 g/mol. The van der Waals surface area contributed by atoms with Crippen LogP contribution in [0.3, 0.4) is 0 Å². The Bertz CT molecular complexity index is 1070. The number of hydrazine groups is 1. The van der Waals surface area contributed by atoms with Crippen molar-refractivity contribution < 1.29 is 14.4 Å². The molecule has 1 saturated heterocycles. The summed E-state index contributed by atoms with van der Waals surface area (Å²) < 4.78 is 1.86. The molecule has 0 aliphatic carbocycles. The summed E-state index contributed by atoms with van der Waals surface area (Å²) in [5.41, 5.74) is 2.72. The zero-order chi connectivity index (χ0) is 19.7. The maximum Gasteiger partial charge on any atom is 0.344 e. The van der Waals surface area contributed by atoms with Crippen molar-refractivity contribution in [3.8, 4) is 0 Å². The predicted octanol–water partition coefficient (Wildman–Crippen LogP) is 1.92. The molecule has 1 fully saturated rings. The molecule has 28 heavy (non-hydrogen) atoms. The third kappa shape index (κ3) is 3.09. The molecule has 9 heteroatoms. The molecule has 1 aliphatic heterocycles. The first kappa shape index (κ1) is 18.1. The van der Waals surface area contributed by atoms with Crippen LogP contribution >= 0.6 is 11.8 Å². The van der Waals surface area contributed by atoms with Gasteiger partial charge in [-0.05, 0) is 24.6 Å². The van der Waals surface area contributed by atoms with E-state index in [0.717, 1.165) is 10.5 Å². The number of pyridine rings is 1. The molecule has 0 radical (unpaired) electrons. The lowest BCUT2D eigenvalue weighted by Gasteiger charge is -2.22. The number of nitrogens with zero attached hydrogens (tertiary/aromatic N) is 3. The number of hydrogen-bond donors (Lipinski definition) is 2. The fourth-order valence-corrected chi connectivity index (χ4v) is 3.78. The van der Waals surface area contributed by atoms with E-state index < -0.39 is 23.4 Å². The number of carbonyl (C=O) groups is 3. The highest BCUT2D eigenvalue weighted by atomic mass is 32.2. The lowest BCUT2D eigenvalue weighted by atomic mass is 9.92. The van der Waals surface area contributed by atoms with E-state index in [1.807, 2.05) is 34.9 Å². The van der Waals surface area contributed by atoms with E-state index in [-0.39, 0.29) is 5.75 Å². The van der Waals surface area contributed by atoms with Gasteiger partial charge in [0.1, 0.15) is 5.54 Å². The molecule has 0 spiro atoms. The van der Waals surface area contributed by atoms with Gasteiger partial charge in [-0.25, -0.2) is 9.78 Å². The highest BCUT2D eigenvalue weighted by Gasteiger charge is 2.49. The SMILES string of the molecule is CC1(c2ccccc2)NC(=O)N(NC(=O)CSc2ncc3ccccn23)C1=O. The van der Waals surface area contributed by atoms with Crippen LogP contribution < -0.4 is 10.7 Å². The van der Waals surface area contributed by atoms with E-state index >= 15 is 0 Å². The minimum absolute atomic E-state index is 0.00706. The van der Waals surface area contributed by atoms with Crippen molar-refractivity contribution in [3.63, 3.8) is 0 Å². The molecule has 4 amide bonds. The Morgan fingerprint density at radius 3 is 2.71 bits per heavy atom. The number of rotatable bonds is 5. The summed E-state index contributed by atoms with van der Waals surface area (Å²) in [6, 6.07) is 13.9. The highest BCUT2D eigenvalue weighted by Crippen LogP contribution is 2.27. The zero-order valence-electron chi connectivity index (χ0n) is 15.0. The van der Waals surface area contributed by atoms with E-state index in [2.05, 4.69) is 15.7 Å². The van der Waals surface area contributed by atoms with Crippen molar-refractivity contribution in [1.82, 2.24) is 25.1 Å². The Morgan fingerprint density at radius 2 is 1.93 bits per heavy atom. The van der Waals surface area contributed by atoms with Crippen molar-refractivity contribution in [2.75, 3.05) is 5.75 Å². The zero-order valence-corrected chi connectivity index (χ0v) is 15.8. The molecule has 2 N–H and O–H groups in total. The highest BCUT2D eigenvalue weighted by molar-refractivity contribution is 7.99. The van der Waals surface area contributed by atoms with Gasteiger partial charge in [-0.1, -0.05) is 48.2 Å². The summed E-state index contributed by atoms with van der Waals surface area (Å²) in [6.07, 6.45) is 3.56. The summed E-state index contributed by atoms with van der Waals surface area (Å²) in [6.45, 7) is 1.61. The number of imidazole rings is 1. The molecule has 0 bridgehead atoms. The summed E-state index contributed by atoms with van der Waals surface area (Å²) in [5.74, 6) is -1.00. The quantitative estimate of drug-likeness (QED) is 0.508. The summed E-state index contributed by atoms with van der Waals surface area (Å²) in [5, 5.41) is 4.03. The van der Waals surface area contributed by atoms with Crippen LogP contribution in [-0.2, 0) is 15.1 Å². The smallest absolute Gasteiger partial charge is 0.318 e. The lowest BCUT2D eigenvalue weighted by molar-refractivity contribution is -0.138. The van der Waals surface area contributed by atoms with Gasteiger partial charge in [-0.15, -0.1) is 0 Å². The monoisotopic (exact) mass is 395 g/mol. The summed E-state index contributed by atoms with van der Waals surface area (Å²) in [4.78, 5) is 41.7. The number of fused-ring (bicyclic) bond motifs is 1. The van der Waals surface area contributed by atoms with Crippen molar-refractivity contribution in [3.05, 3.63) is 66.5 Å². The van der Waals surface area contributed by atoms with Crippen LogP contribution in [0.15, 0.2) is 66.1 Å². The Kier molecular flexibility index (Phi) is 4.52. The number of nitrogens with one attached hydrogen (secondary N) is 2. The average molecular weight is 395 g/mol. The Hall–Kier alpha value is -3.33. The second kappa shape index (κ2) is 7.01. The third-order valence-electron chi connectivity index (χ3n) is 4.52. The topological polar surface area (TPSA) is 95.8 Å². The number of carbonyl (C=O) groups excluding carboxylic acids is 3. The van der Waals surface area contributed by atoms with Crippen LogP contribution in [0.2, 0.25) is 0 Å². The minimum atomic E-state index is -1.22.